The molecular formula is C17H13Cl2N3O2S. The zero-order chi connectivity index (χ0) is 18.0. The summed E-state index contributed by atoms with van der Waals surface area (Å²) in [5.41, 5.74) is 1.18. The first-order chi connectivity index (χ1) is 11.9. The lowest BCUT2D eigenvalue weighted by Gasteiger charge is -2.13. The van der Waals surface area contributed by atoms with Gasteiger partial charge in [-0.15, -0.1) is 0 Å². The number of amides is 2. The Bertz CT molecular complexity index is 941. The summed E-state index contributed by atoms with van der Waals surface area (Å²) in [6.07, 6.45) is 0. The van der Waals surface area contributed by atoms with Gasteiger partial charge in [0.05, 0.1) is 10.2 Å². The van der Waals surface area contributed by atoms with Gasteiger partial charge in [0.15, 0.2) is 5.13 Å². The van der Waals surface area contributed by atoms with Crippen molar-refractivity contribution in [1.29, 1.82) is 0 Å². The molecule has 2 N–H and O–H groups in total. The predicted molar refractivity (Wildman–Crippen MR) is 102 cm³/mol. The number of anilines is 1. The number of nitrogens with zero attached hydrogens (tertiary/aromatic N) is 1. The summed E-state index contributed by atoms with van der Waals surface area (Å²) >= 11 is 13.1. The molecule has 0 aliphatic heterocycles. The molecule has 1 aromatic heterocycles. The fraction of sp³-hybridized carbons (Fsp3) is 0.118. The standard InChI is InChI=1S/C17H13Cl2N3O2S/c1-9(20-16(24)10-2-4-11(18)5-3-10)15(23)22-17-21-13-7-6-12(19)8-14(13)25-17/h2-9H,1H3,(H,20,24)(H,21,22,23). The average molecular weight is 394 g/mol. The van der Waals surface area contributed by atoms with Crippen LogP contribution >= 0.6 is 34.5 Å². The quantitative estimate of drug-likeness (QED) is 0.691. The summed E-state index contributed by atoms with van der Waals surface area (Å²) in [6.45, 7) is 1.60. The fourth-order valence-corrected chi connectivity index (χ4v) is 3.38. The van der Waals surface area contributed by atoms with Crippen LogP contribution in [0.25, 0.3) is 10.2 Å². The largest absolute Gasteiger partial charge is 0.341 e. The summed E-state index contributed by atoms with van der Waals surface area (Å²) in [4.78, 5) is 28.7. The summed E-state index contributed by atoms with van der Waals surface area (Å²) in [5.74, 6) is -0.706. The smallest absolute Gasteiger partial charge is 0.251 e. The van der Waals surface area contributed by atoms with Crippen LogP contribution < -0.4 is 10.6 Å². The number of hydrogen-bond donors (Lipinski definition) is 2. The third-order valence-corrected chi connectivity index (χ3v) is 4.85. The summed E-state index contributed by atoms with van der Waals surface area (Å²) in [6, 6.07) is 11.0. The van der Waals surface area contributed by atoms with Gasteiger partial charge in [-0.2, -0.15) is 0 Å². The molecule has 3 aromatic rings. The molecule has 2 aromatic carbocycles. The monoisotopic (exact) mass is 393 g/mol. The highest BCUT2D eigenvalue weighted by Gasteiger charge is 2.18. The molecule has 0 radical (unpaired) electrons. The number of aromatic nitrogens is 1. The highest BCUT2D eigenvalue weighted by Crippen LogP contribution is 2.28. The molecule has 3 rings (SSSR count). The lowest BCUT2D eigenvalue weighted by Crippen LogP contribution is -2.41. The maximum atomic E-state index is 12.3. The Morgan fingerprint density at radius 1 is 1.08 bits per heavy atom. The Kier molecular flexibility index (Phi) is 5.22. The van der Waals surface area contributed by atoms with E-state index in [9.17, 15) is 9.59 Å². The Morgan fingerprint density at radius 2 is 1.76 bits per heavy atom. The van der Waals surface area contributed by atoms with Gasteiger partial charge in [0, 0.05) is 15.6 Å². The molecule has 0 saturated carbocycles. The molecule has 0 bridgehead atoms. The van der Waals surface area contributed by atoms with Gasteiger partial charge in [-0.1, -0.05) is 34.5 Å². The minimum absolute atomic E-state index is 0.351. The van der Waals surface area contributed by atoms with Gasteiger partial charge in [-0.05, 0) is 49.4 Å². The topological polar surface area (TPSA) is 71.1 Å². The molecular weight excluding hydrogens is 381 g/mol. The third-order valence-electron chi connectivity index (χ3n) is 3.43. The van der Waals surface area contributed by atoms with Crippen LogP contribution in [0.4, 0.5) is 5.13 Å². The lowest BCUT2D eigenvalue weighted by molar-refractivity contribution is -0.117. The molecule has 2 amide bonds. The molecule has 128 valence electrons. The summed E-state index contributed by atoms with van der Waals surface area (Å²) in [7, 11) is 0. The van der Waals surface area contributed by atoms with Crippen LogP contribution in [0.2, 0.25) is 10.0 Å². The fourth-order valence-electron chi connectivity index (χ4n) is 2.11. The van der Waals surface area contributed by atoms with Crippen molar-refractivity contribution < 1.29 is 9.59 Å². The number of halogens is 2. The van der Waals surface area contributed by atoms with Crippen molar-refractivity contribution in [2.45, 2.75) is 13.0 Å². The summed E-state index contributed by atoms with van der Waals surface area (Å²) < 4.78 is 0.876. The maximum Gasteiger partial charge on any atom is 0.251 e. The molecule has 0 aliphatic rings. The van der Waals surface area contributed by atoms with Crippen LogP contribution in [0.1, 0.15) is 17.3 Å². The van der Waals surface area contributed by atoms with E-state index in [4.69, 9.17) is 23.2 Å². The molecule has 0 aliphatic carbocycles. The van der Waals surface area contributed by atoms with Gasteiger partial charge >= 0.3 is 0 Å². The van der Waals surface area contributed by atoms with Crippen molar-refractivity contribution in [2.75, 3.05) is 5.32 Å². The van der Waals surface area contributed by atoms with Gasteiger partial charge in [-0.3, -0.25) is 9.59 Å². The highest BCUT2D eigenvalue weighted by molar-refractivity contribution is 7.22. The van der Waals surface area contributed by atoms with Crippen molar-refractivity contribution in [3.05, 3.63) is 58.1 Å². The van der Waals surface area contributed by atoms with Crippen LogP contribution in [0.15, 0.2) is 42.5 Å². The van der Waals surface area contributed by atoms with Gasteiger partial charge in [-0.25, -0.2) is 4.98 Å². The predicted octanol–water partition coefficient (Wildman–Crippen LogP) is 4.36. The van der Waals surface area contributed by atoms with Gasteiger partial charge in [0.25, 0.3) is 5.91 Å². The van der Waals surface area contributed by atoms with E-state index in [1.807, 2.05) is 0 Å². The number of carbonyl (C=O) groups is 2. The van der Waals surface area contributed by atoms with E-state index in [2.05, 4.69) is 15.6 Å². The zero-order valence-corrected chi connectivity index (χ0v) is 15.4. The van der Waals surface area contributed by atoms with E-state index < -0.39 is 6.04 Å². The molecule has 0 spiro atoms. The van der Waals surface area contributed by atoms with Crippen LogP contribution in [0.3, 0.4) is 0 Å². The Morgan fingerprint density at radius 3 is 2.48 bits per heavy atom. The normalized spacial score (nSPS) is 12.0. The minimum atomic E-state index is -0.723. The number of benzene rings is 2. The van der Waals surface area contributed by atoms with E-state index >= 15 is 0 Å². The van der Waals surface area contributed by atoms with Crippen LogP contribution in [-0.4, -0.2) is 22.8 Å². The zero-order valence-electron chi connectivity index (χ0n) is 13.0. The van der Waals surface area contributed by atoms with Crippen molar-refractivity contribution >= 4 is 61.7 Å². The second-order valence-electron chi connectivity index (χ2n) is 5.32. The minimum Gasteiger partial charge on any atom is -0.341 e. The Hall–Kier alpha value is -2.15. The first-order valence-corrected chi connectivity index (χ1v) is 8.93. The van der Waals surface area contributed by atoms with Gasteiger partial charge in [0.1, 0.15) is 6.04 Å². The molecule has 8 heteroatoms. The maximum absolute atomic E-state index is 12.3. The molecule has 0 fully saturated rings. The van der Waals surface area contributed by atoms with Crippen molar-refractivity contribution in [3.63, 3.8) is 0 Å². The van der Waals surface area contributed by atoms with E-state index in [-0.39, 0.29) is 11.8 Å². The van der Waals surface area contributed by atoms with E-state index in [1.54, 1.807) is 49.4 Å². The molecule has 1 heterocycles. The Balaban J connectivity index is 1.65. The first kappa shape index (κ1) is 17.7. The highest BCUT2D eigenvalue weighted by atomic mass is 35.5. The number of fused-ring (bicyclic) bond motifs is 1. The van der Waals surface area contributed by atoms with E-state index in [1.165, 1.54) is 11.3 Å². The van der Waals surface area contributed by atoms with Gasteiger partial charge < -0.3 is 10.6 Å². The van der Waals surface area contributed by atoms with Gasteiger partial charge in [0.2, 0.25) is 5.91 Å². The van der Waals surface area contributed by atoms with Crippen molar-refractivity contribution in [2.24, 2.45) is 0 Å². The number of thiazole rings is 1. The van der Waals surface area contributed by atoms with Crippen molar-refractivity contribution in [3.8, 4) is 0 Å². The second kappa shape index (κ2) is 7.39. The second-order valence-corrected chi connectivity index (χ2v) is 7.23. The molecule has 1 atom stereocenters. The molecule has 1 unspecified atom stereocenters. The first-order valence-electron chi connectivity index (χ1n) is 7.36. The lowest BCUT2D eigenvalue weighted by atomic mass is 10.2. The molecule has 5 nitrogen and oxygen atoms in total. The van der Waals surface area contributed by atoms with Crippen LogP contribution in [0, 0.1) is 0 Å². The number of carbonyl (C=O) groups excluding carboxylic acids is 2. The molecule has 25 heavy (non-hydrogen) atoms. The number of nitrogens with one attached hydrogen (secondary N) is 2. The number of rotatable bonds is 4. The van der Waals surface area contributed by atoms with Crippen LogP contribution in [0.5, 0.6) is 0 Å². The molecule has 0 saturated heterocycles. The van der Waals surface area contributed by atoms with E-state index in [0.717, 1.165) is 10.2 Å². The SMILES string of the molecule is CC(NC(=O)c1ccc(Cl)cc1)C(=O)Nc1nc2ccc(Cl)cc2s1. The van der Waals surface area contributed by atoms with Crippen LogP contribution in [-0.2, 0) is 4.79 Å². The Labute approximate surface area is 158 Å². The number of hydrogen-bond acceptors (Lipinski definition) is 4. The third kappa shape index (κ3) is 4.28. The van der Waals surface area contributed by atoms with E-state index in [0.29, 0.717) is 20.7 Å². The average Bonchev–Trinajstić information content (AvgIpc) is 2.96. The summed E-state index contributed by atoms with van der Waals surface area (Å²) in [5, 5.41) is 6.95. The van der Waals surface area contributed by atoms with Crippen molar-refractivity contribution in [1.82, 2.24) is 10.3 Å².